The highest BCUT2D eigenvalue weighted by Crippen LogP contribution is 2.89. The van der Waals surface area contributed by atoms with Crippen LogP contribution in [0.15, 0.2) is 0 Å². The first-order valence-corrected chi connectivity index (χ1v) is 21.5. The van der Waals surface area contributed by atoms with Gasteiger partial charge in [-0.3, -0.25) is 15.0 Å². The number of fused-ring (bicyclic) bond motifs is 2. The van der Waals surface area contributed by atoms with Crippen molar-refractivity contribution in [3.05, 3.63) is 0 Å². The van der Waals surface area contributed by atoms with Crippen LogP contribution < -0.4 is 5.32 Å². The van der Waals surface area contributed by atoms with Gasteiger partial charge in [-0.2, -0.15) is 0 Å². The number of carbonyl (C=O) groups excluding carboxylic acids is 2. The maximum absolute atomic E-state index is 13.4. The summed E-state index contributed by atoms with van der Waals surface area (Å²) < 4.78 is 22.3. The molecule has 2 saturated heterocycles. The Kier molecular flexibility index (Phi) is 11.1. The number of hydrogen-bond donors (Lipinski definition) is 4. The highest BCUT2D eigenvalue weighted by Gasteiger charge is 2.85. The molecule has 2 heterocycles. The fourth-order valence-electron chi connectivity index (χ4n) is 14.0. The Labute approximate surface area is 335 Å². The van der Waals surface area contributed by atoms with Gasteiger partial charge in [-0.15, -0.1) is 0 Å². The van der Waals surface area contributed by atoms with Gasteiger partial charge in [-0.05, 0) is 116 Å². The molecule has 308 valence electrons. The van der Waals surface area contributed by atoms with Gasteiger partial charge in [0.2, 0.25) is 0 Å². The summed E-state index contributed by atoms with van der Waals surface area (Å²) in [5.74, 6) is -0.513. The molecule has 7 unspecified atom stereocenters. The Hall–Kier alpha value is -0.470. The van der Waals surface area contributed by atoms with E-state index in [0.29, 0.717) is 37.3 Å². The van der Waals surface area contributed by atoms with Crippen LogP contribution in [0.2, 0.25) is 0 Å². The lowest BCUT2D eigenvalue weighted by atomic mass is 9.46. The van der Waals surface area contributed by atoms with Gasteiger partial charge >= 0.3 is 6.09 Å². The van der Waals surface area contributed by atoms with E-state index < -0.39 is 39.7 Å². The zero-order valence-electron chi connectivity index (χ0n) is 33.0. The van der Waals surface area contributed by atoms with Crippen LogP contribution in [-0.4, -0.2) is 111 Å². The number of aliphatic hydroxyl groups is 3. The molecule has 0 bridgehead atoms. The Morgan fingerprint density at radius 3 is 2.37 bits per heavy atom. The van der Waals surface area contributed by atoms with E-state index in [9.17, 15) is 24.9 Å². The summed E-state index contributed by atoms with van der Waals surface area (Å²) in [5.41, 5.74) is -1.61. The molecule has 2 amide bonds. The van der Waals surface area contributed by atoms with Crippen molar-refractivity contribution in [3.63, 3.8) is 0 Å². The lowest BCUT2D eigenvalue weighted by Crippen LogP contribution is -2.59. The van der Waals surface area contributed by atoms with E-state index in [-0.39, 0.29) is 57.7 Å². The first-order chi connectivity index (χ1) is 25.1. The number of imide groups is 1. The van der Waals surface area contributed by atoms with Crippen molar-refractivity contribution in [3.8, 4) is 0 Å². The van der Waals surface area contributed by atoms with Crippen LogP contribution in [0.25, 0.3) is 0 Å². The molecule has 0 aromatic rings. The van der Waals surface area contributed by atoms with E-state index in [1.807, 2.05) is 0 Å². The molecule has 5 saturated carbocycles. The summed E-state index contributed by atoms with van der Waals surface area (Å²) >= 11 is 17.3. The minimum Gasteiger partial charge on any atom is -0.443 e. The number of aliphatic hydroxyl groups excluding tert-OH is 2. The Balaban J connectivity index is 1.14. The Morgan fingerprint density at radius 1 is 1.04 bits per heavy atom. The number of amides is 2. The standard InChI is InChI=1S/C40H63Cl3N2O9/c1-21(8-11-26(46)36(5,6)50)29-31(47)32(54-34(49)44-33(48)40(41,42)43)30-24-9-10-25-35(3,4)27(53-28-18-45(16-17-52-28)23-19-51-20-23)12-13-39(25)22(2)38(24,39)15-14-37(29,30)7/h21-32,46-47,50H,8-20H2,1-7H3,(H,44,48,49)/t21?,22-,24-,25?,26-,27-,28?,29?,30?,31-,32?,37+,38-,39?/m0/s1. The average Bonchev–Trinajstić information content (AvgIpc) is 3.49. The fraction of sp³-hybridized carbons (Fsp3) is 0.950. The van der Waals surface area contributed by atoms with Crippen LogP contribution in [-0.2, 0) is 23.7 Å². The molecule has 5 aliphatic carbocycles. The first kappa shape index (κ1) is 41.7. The molecular weight excluding hydrogens is 759 g/mol. The van der Waals surface area contributed by atoms with E-state index >= 15 is 0 Å². The summed E-state index contributed by atoms with van der Waals surface area (Å²) in [6.45, 7) is 18.6. The second kappa shape index (κ2) is 14.4. The molecule has 2 spiro atoms. The molecular formula is C40H63Cl3N2O9. The summed E-state index contributed by atoms with van der Waals surface area (Å²) in [4.78, 5) is 28.3. The van der Waals surface area contributed by atoms with E-state index in [1.54, 1.807) is 13.8 Å². The highest BCUT2D eigenvalue weighted by molar-refractivity contribution is 6.76. The Bertz CT molecular complexity index is 1440. The number of alkyl carbamates (subject to hydrolysis) is 1. The molecule has 7 aliphatic rings. The molecule has 4 N–H and O–H groups in total. The van der Waals surface area contributed by atoms with E-state index in [0.717, 1.165) is 64.8 Å². The molecule has 54 heavy (non-hydrogen) atoms. The third kappa shape index (κ3) is 6.57. The number of nitrogens with zero attached hydrogens (tertiary/aromatic N) is 1. The molecule has 7 fully saturated rings. The van der Waals surface area contributed by atoms with Gasteiger partial charge < -0.3 is 34.3 Å². The smallest absolute Gasteiger partial charge is 0.414 e. The van der Waals surface area contributed by atoms with Crippen molar-refractivity contribution in [1.82, 2.24) is 10.2 Å². The monoisotopic (exact) mass is 820 g/mol. The van der Waals surface area contributed by atoms with Crippen LogP contribution in [0.3, 0.4) is 0 Å². The van der Waals surface area contributed by atoms with Crippen molar-refractivity contribution in [1.29, 1.82) is 0 Å². The molecule has 14 heteroatoms. The van der Waals surface area contributed by atoms with Crippen LogP contribution >= 0.6 is 34.8 Å². The fourth-order valence-corrected chi connectivity index (χ4v) is 14.1. The lowest BCUT2D eigenvalue weighted by molar-refractivity contribution is -0.254. The molecule has 7 rings (SSSR count). The summed E-state index contributed by atoms with van der Waals surface area (Å²) in [7, 11) is 0. The Morgan fingerprint density at radius 2 is 1.74 bits per heavy atom. The predicted octanol–water partition coefficient (Wildman–Crippen LogP) is 5.84. The molecule has 14 atom stereocenters. The second-order valence-corrected chi connectivity index (χ2v) is 21.9. The van der Waals surface area contributed by atoms with Crippen LogP contribution in [0.4, 0.5) is 4.79 Å². The van der Waals surface area contributed by atoms with Crippen molar-refractivity contribution in [2.75, 3.05) is 32.9 Å². The van der Waals surface area contributed by atoms with E-state index in [1.165, 1.54) is 0 Å². The molecule has 0 aromatic carbocycles. The molecule has 2 aliphatic heterocycles. The summed E-state index contributed by atoms with van der Waals surface area (Å²) in [6, 6.07) is 0.451. The second-order valence-electron chi connectivity index (χ2n) is 19.6. The molecule has 0 radical (unpaired) electrons. The SMILES string of the molecule is CC(CC[C@H](O)C(C)(C)O)C1[C@H](O)C(OC(=O)NC(=O)C(Cl)(Cl)Cl)C2[C@@H]3CCC4C(C)(C)[C@@H](OC5CN(C6COC6)CCO5)CCC45[C@@H](C)[C@@]35CC[C@]12C. The third-order valence-electron chi connectivity index (χ3n) is 16.6. The number of alkyl halides is 3. The average molecular weight is 822 g/mol. The van der Waals surface area contributed by atoms with Gasteiger partial charge in [0.25, 0.3) is 9.70 Å². The summed E-state index contributed by atoms with van der Waals surface area (Å²) in [5, 5.41) is 35.5. The quantitative estimate of drug-likeness (QED) is 0.209. The van der Waals surface area contributed by atoms with Gasteiger partial charge in [0.05, 0.1) is 56.3 Å². The van der Waals surface area contributed by atoms with Gasteiger partial charge in [0.1, 0.15) is 6.10 Å². The van der Waals surface area contributed by atoms with Gasteiger partial charge in [0, 0.05) is 12.5 Å². The minimum atomic E-state index is -2.35. The number of ether oxygens (including phenoxy) is 4. The topological polar surface area (TPSA) is 147 Å². The number of rotatable bonds is 9. The highest BCUT2D eigenvalue weighted by atomic mass is 35.6. The van der Waals surface area contributed by atoms with Crippen molar-refractivity contribution in [2.45, 2.75) is 146 Å². The first-order valence-electron chi connectivity index (χ1n) is 20.4. The van der Waals surface area contributed by atoms with Crippen LogP contribution in [0.1, 0.15) is 99.8 Å². The minimum absolute atomic E-state index is 0.0190. The lowest BCUT2D eigenvalue weighted by Gasteiger charge is -2.60. The number of carbonyl (C=O) groups is 2. The van der Waals surface area contributed by atoms with E-state index in [4.69, 9.17) is 53.8 Å². The zero-order chi connectivity index (χ0) is 39.4. The number of hydrogen-bond acceptors (Lipinski definition) is 10. The molecule has 0 aromatic heterocycles. The number of morpholine rings is 1. The van der Waals surface area contributed by atoms with Crippen LogP contribution in [0, 0.1) is 57.2 Å². The molecule has 11 nitrogen and oxygen atoms in total. The van der Waals surface area contributed by atoms with Gasteiger partial charge in [-0.25, -0.2) is 4.79 Å². The summed E-state index contributed by atoms with van der Waals surface area (Å²) in [6.07, 6.45) is 2.73. The van der Waals surface area contributed by atoms with Crippen LogP contribution in [0.5, 0.6) is 0 Å². The number of nitrogens with one attached hydrogen (secondary N) is 1. The van der Waals surface area contributed by atoms with Crippen molar-refractivity contribution < 1.29 is 43.9 Å². The number of halogens is 3. The van der Waals surface area contributed by atoms with Crippen molar-refractivity contribution >= 4 is 46.8 Å². The van der Waals surface area contributed by atoms with Gasteiger partial charge in [-0.1, -0.05) is 69.4 Å². The maximum atomic E-state index is 13.4. The van der Waals surface area contributed by atoms with Crippen molar-refractivity contribution in [2.24, 2.45) is 57.2 Å². The maximum Gasteiger partial charge on any atom is 0.414 e. The van der Waals surface area contributed by atoms with E-state index in [2.05, 4.69) is 44.8 Å². The van der Waals surface area contributed by atoms with Gasteiger partial charge in [0.15, 0.2) is 6.29 Å². The normalized spacial score (nSPS) is 44.4. The third-order valence-corrected chi connectivity index (χ3v) is 17.1. The predicted molar refractivity (Wildman–Crippen MR) is 204 cm³/mol. The zero-order valence-corrected chi connectivity index (χ0v) is 35.3. The largest absolute Gasteiger partial charge is 0.443 e.